The Morgan fingerprint density at radius 1 is 0.771 bits per heavy atom. The largest absolute Gasteiger partial charge is 2.00 e. The van der Waals surface area contributed by atoms with Crippen molar-refractivity contribution in [3.05, 3.63) is 161 Å². The quantitative estimate of drug-likeness (QED) is 0.163. The second kappa shape index (κ2) is 11.9. The Hall–Kier alpha value is -4.99. The van der Waals surface area contributed by atoms with Gasteiger partial charge in [-0.1, -0.05) is 83.0 Å². The van der Waals surface area contributed by atoms with Gasteiger partial charge in [0.25, 0.3) is 0 Å². The maximum Gasteiger partial charge on any atom is 2.00 e. The zero-order valence-corrected chi connectivity index (χ0v) is 29.1. The molecule has 0 amide bonds. The number of ether oxygens (including phenoxy) is 1. The van der Waals surface area contributed by atoms with E-state index < -0.39 is 0 Å². The molecule has 2 atom stereocenters. The van der Waals surface area contributed by atoms with Crippen molar-refractivity contribution in [3.8, 4) is 5.82 Å². The SMILES string of the molecule is Cc1cc(C)c(N(c2[c-]c(C3=N[C@@H]4c5ccccc5C[C@@H]4O3)ccc2)c2[c-]c3c(cc2)c2ccccc2n3-c2ccccn2)c(C)c1.[Pt+2]. The van der Waals surface area contributed by atoms with Crippen molar-refractivity contribution in [3.63, 3.8) is 0 Å². The van der Waals surface area contributed by atoms with Crippen molar-refractivity contribution in [2.45, 2.75) is 39.3 Å². The van der Waals surface area contributed by atoms with Gasteiger partial charge in [0.05, 0.1) is 0 Å². The van der Waals surface area contributed by atoms with Crippen LogP contribution in [0.3, 0.4) is 0 Å². The number of fused-ring (bicyclic) bond motifs is 6. The first-order valence-electron chi connectivity index (χ1n) is 16.1. The van der Waals surface area contributed by atoms with Gasteiger partial charge < -0.3 is 14.2 Å². The van der Waals surface area contributed by atoms with Crippen molar-refractivity contribution < 1.29 is 25.8 Å². The molecule has 236 valence electrons. The van der Waals surface area contributed by atoms with Crippen LogP contribution < -0.4 is 4.90 Å². The molecule has 48 heavy (non-hydrogen) atoms. The van der Waals surface area contributed by atoms with Crippen molar-refractivity contribution in [2.24, 2.45) is 4.99 Å². The molecule has 0 spiro atoms. The van der Waals surface area contributed by atoms with Crippen LogP contribution in [0.2, 0.25) is 0 Å². The van der Waals surface area contributed by atoms with Gasteiger partial charge in [-0.25, -0.2) is 4.98 Å². The Morgan fingerprint density at radius 2 is 1.54 bits per heavy atom. The number of anilines is 3. The zero-order chi connectivity index (χ0) is 31.6. The van der Waals surface area contributed by atoms with Gasteiger partial charge in [-0.15, -0.1) is 41.8 Å². The molecule has 0 bridgehead atoms. The molecule has 1 aliphatic carbocycles. The van der Waals surface area contributed by atoms with Gasteiger partial charge in [-0.05, 0) is 72.3 Å². The minimum atomic E-state index is 0. The molecule has 0 saturated heterocycles. The van der Waals surface area contributed by atoms with Crippen LogP contribution in [-0.4, -0.2) is 21.6 Å². The minimum absolute atomic E-state index is 0. The van der Waals surface area contributed by atoms with Crippen LogP contribution in [0.4, 0.5) is 17.1 Å². The molecule has 1 aliphatic heterocycles. The van der Waals surface area contributed by atoms with Gasteiger partial charge in [0.15, 0.2) is 0 Å². The Balaban J connectivity index is 0.00000336. The molecule has 0 N–H and O–H groups in total. The number of aliphatic imine (C=N–C) groups is 1. The molecule has 0 radical (unpaired) electrons. The number of para-hydroxylation sites is 1. The number of hydrogen-bond donors (Lipinski definition) is 0. The molecule has 7 aromatic rings. The molecule has 0 saturated carbocycles. The summed E-state index contributed by atoms with van der Waals surface area (Å²) in [6.07, 6.45) is 2.74. The molecule has 0 fully saturated rings. The molecule has 0 unspecified atom stereocenters. The summed E-state index contributed by atoms with van der Waals surface area (Å²) >= 11 is 0. The van der Waals surface area contributed by atoms with E-state index in [-0.39, 0.29) is 33.2 Å². The van der Waals surface area contributed by atoms with Crippen LogP contribution in [0, 0.1) is 32.9 Å². The number of aromatic nitrogens is 2. The van der Waals surface area contributed by atoms with E-state index in [0.29, 0.717) is 5.90 Å². The average Bonchev–Trinajstić information content (AvgIpc) is 3.76. The predicted octanol–water partition coefficient (Wildman–Crippen LogP) is 9.61. The van der Waals surface area contributed by atoms with Gasteiger partial charge in [-0.2, -0.15) is 6.07 Å². The van der Waals surface area contributed by atoms with E-state index in [0.717, 1.165) is 51.3 Å². The van der Waals surface area contributed by atoms with Gasteiger partial charge in [-0.3, -0.25) is 4.99 Å². The number of nitrogens with zero attached hydrogens (tertiary/aromatic N) is 4. The summed E-state index contributed by atoms with van der Waals surface area (Å²) in [5, 5.41) is 2.30. The molecule has 9 rings (SSSR count). The second-order valence-corrected chi connectivity index (χ2v) is 12.6. The first-order valence-corrected chi connectivity index (χ1v) is 16.1. The Bertz CT molecular complexity index is 2350. The van der Waals surface area contributed by atoms with E-state index in [1.807, 2.05) is 30.5 Å². The number of hydrogen-bond acceptors (Lipinski definition) is 4. The number of aryl methyl sites for hydroxylation is 3. The number of pyridine rings is 1. The van der Waals surface area contributed by atoms with Crippen molar-refractivity contribution in [1.82, 2.24) is 9.55 Å². The molecular formula is C42H32N4OPt. The van der Waals surface area contributed by atoms with Crippen LogP contribution in [0.5, 0.6) is 0 Å². The summed E-state index contributed by atoms with van der Waals surface area (Å²) in [6, 6.07) is 45.7. The topological polar surface area (TPSA) is 42.6 Å². The van der Waals surface area contributed by atoms with Crippen LogP contribution in [0.15, 0.2) is 120 Å². The van der Waals surface area contributed by atoms with Crippen molar-refractivity contribution in [2.75, 3.05) is 4.90 Å². The second-order valence-electron chi connectivity index (χ2n) is 12.6. The first kappa shape index (κ1) is 30.3. The van der Waals surface area contributed by atoms with E-state index in [1.54, 1.807) is 0 Å². The Morgan fingerprint density at radius 3 is 2.38 bits per heavy atom. The summed E-state index contributed by atoms with van der Waals surface area (Å²) in [4.78, 5) is 12.1. The van der Waals surface area contributed by atoms with Crippen LogP contribution in [-0.2, 0) is 32.2 Å². The van der Waals surface area contributed by atoms with Gasteiger partial charge in [0.2, 0.25) is 0 Å². The third kappa shape index (κ3) is 4.88. The molecule has 2 aliphatic rings. The molecule has 5 nitrogen and oxygen atoms in total. The van der Waals surface area contributed by atoms with Crippen LogP contribution in [0.25, 0.3) is 27.6 Å². The summed E-state index contributed by atoms with van der Waals surface area (Å²) < 4.78 is 8.71. The normalized spacial score (nSPS) is 16.3. The predicted molar refractivity (Wildman–Crippen MR) is 189 cm³/mol. The van der Waals surface area contributed by atoms with Crippen LogP contribution in [0.1, 0.15) is 39.4 Å². The van der Waals surface area contributed by atoms with Gasteiger partial charge in [0, 0.05) is 23.8 Å². The molecule has 2 aromatic heterocycles. The van der Waals surface area contributed by atoms with E-state index in [2.05, 4.69) is 127 Å². The minimum Gasteiger partial charge on any atom is -0.514 e. The van der Waals surface area contributed by atoms with E-state index in [1.165, 1.54) is 33.2 Å². The summed E-state index contributed by atoms with van der Waals surface area (Å²) in [5.41, 5.74) is 12.0. The summed E-state index contributed by atoms with van der Waals surface area (Å²) in [7, 11) is 0. The third-order valence-corrected chi connectivity index (χ3v) is 9.46. The standard InChI is InChI=1S/C42H32N4O.Pt/c1-26-21-27(2)41(28(3)22-26)45(31-13-10-12-30(23-31)42-44-40-33-14-5-4-11-29(33)24-38(40)47-42)32-18-19-35-34-15-6-7-16-36(34)46(37(35)25-32)39-17-8-9-20-43-39;/h4-22,38,40H,24H2,1-3H3;/q-2;+2/t38-,40+;/m0./s1. The molecule has 3 heterocycles. The van der Waals surface area contributed by atoms with Gasteiger partial charge >= 0.3 is 21.1 Å². The molecular weight excluding hydrogens is 772 g/mol. The number of benzene rings is 5. The third-order valence-electron chi connectivity index (χ3n) is 9.46. The zero-order valence-electron chi connectivity index (χ0n) is 26.8. The maximum atomic E-state index is 6.50. The van der Waals surface area contributed by atoms with E-state index in [4.69, 9.17) is 14.7 Å². The fourth-order valence-electron chi connectivity index (χ4n) is 7.57. The monoisotopic (exact) mass is 803 g/mol. The summed E-state index contributed by atoms with van der Waals surface area (Å²) in [5.74, 6) is 1.52. The van der Waals surface area contributed by atoms with E-state index >= 15 is 0 Å². The van der Waals surface area contributed by atoms with E-state index in [9.17, 15) is 0 Å². The smallest absolute Gasteiger partial charge is 0.514 e. The summed E-state index contributed by atoms with van der Waals surface area (Å²) in [6.45, 7) is 6.51. The van der Waals surface area contributed by atoms with Crippen molar-refractivity contribution in [1.29, 1.82) is 0 Å². The van der Waals surface area contributed by atoms with Crippen LogP contribution >= 0.6 is 0 Å². The Kier molecular flexibility index (Phi) is 7.53. The first-order chi connectivity index (χ1) is 23.0. The van der Waals surface area contributed by atoms with Crippen molar-refractivity contribution >= 4 is 44.8 Å². The Labute approximate surface area is 294 Å². The molecule has 6 heteroatoms. The maximum absolute atomic E-state index is 6.50. The number of rotatable bonds is 5. The fraction of sp³-hybridized carbons (Fsp3) is 0.143. The average molecular weight is 804 g/mol. The fourth-order valence-corrected chi connectivity index (χ4v) is 7.57. The van der Waals surface area contributed by atoms with Gasteiger partial charge in [0.1, 0.15) is 23.9 Å². The molecule has 5 aromatic carbocycles.